The number of carbonyl (C=O) groups is 2. The van der Waals surface area contributed by atoms with Crippen LogP contribution in [0.2, 0.25) is 0 Å². The summed E-state index contributed by atoms with van der Waals surface area (Å²) in [5.74, 6) is 1.18. The van der Waals surface area contributed by atoms with E-state index in [1.54, 1.807) is 24.3 Å². The molecule has 0 aliphatic carbocycles. The lowest BCUT2D eigenvalue weighted by molar-refractivity contribution is -0.123. The van der Waals surface area contributed by atoms with Crippen molar-refractivity contribution in [2.24, 2.45) is 5.92 Å². The van der Waals surface area contributed by atoms with Crippen LogP contribution in [0, 0.1) is 11.7 Å². The Bertz CT molecular complexity index is 1640. The Morgan fingerprint density at radius 1 is 1.00 bits per heavy atom. The lowest BCUT2D eigenvalue weighted by Crippen LogP contribution is -2.45. The molecule has 0 saturated carbocycles. The number of carbonyl (C=O) groups excluding carboxylic acids is 2. The molecule has 10 nitrogen and oxygen atoms in total. The number of benzene rings is 3. The Labute approximate surface area is 254 Å². The zero-order chi connectivity index (χ0) is 30.6. The van der Waals surface area contributed by atoms with Gasteiger partial charge in [-0.15, -0.1) is 0 Å². The molecule has 228 valence electrons. The highest BCUT2D eigenvalue weighted by atomic mass is 19.1. The van der Waals surface area contributed by atoms with Crippen molar-refractivity contribution in [3.05, 3.63) is 95.4 Å². The predicted molar refractivity (Wildman–Crippen MR) is 159 cm³/mol. The van der Waals surface area contributed by atoms with Crippen molar-refractivity contribution in [1.82, 2.24) is 25.7 Å². The molecule has 2 amide bonds. The monoisotopic (exact) mass is 599 g/mol. The van der Waals surface area contributed by atoms with Crippen molar-refractivity contribution in [2.45, 2.75) is 45.5 Å². The minimum absolute atomic E-state index is 0.0827. The summed E-state index contributed by atoms with van der Waals surface area (Å²) in [5.41, 5.74) is 2.16. The van der Waals surface area contributed by atoms with Gasteiger partial charge in [-0.2, -0.15) is 4.98 Å². The molecule has 3 aromatic carbocycles. The number of likely N-dealkylation sites (tertiary alicyclic amines) is 1. The predicted octanol–water partition coefficient (Wildman–Crippen LogP) is 4.14. The smallest absolute Gasteiger partial charge is 0.258 e. The highest BCUT2D eigenvalue weighted by Crippen LogP contribution is 2.27. The molecule has 1 fully saturated rings. The minimum atomic E-state index is -0.634. The number of ether oxygens (including phenoxy) is 2. The first-order chi connectivity index (χ1) is 21.3. The SMILES string of the molecule is CC(C)Cc1nc(CN2C[C@@H]3NC(=O)c4cc(ccc4F)-c4cccc(c4)OCC(=O)NCc4ccc(cc4)O[C@H]3C2)no1. The number of aromatic nitrogens is 2. The first kappa shape index (κ1) is 29.3. The molecule has 6 bridgehead atoms. The van der Waals surface area contributed by atoms with Gasteiger partial charge in [0.25, 0.3) is 11.8 Å². The third kappa shape index (κ3) is 7.05. The molecule has 2 atom stereocenters. The molecule has 4 heterocycles. The summed E-state index contributed by atoms with van der Waals surface area (Å²) >= 11 is 0. The van der Waals surface area contributed by atoms with Gasteiger partial charge in [0.2, 0.25) is 5.89 Å². The lowest BCUT2D eigenvalue weighted by atomic mass is 10.0. The fraction of sp³-hybridized carbons (Fsp3) is 0.333. The molecule has 7 rings (SSSR count). The summed E-state index contributed by atoms with van der Waals surface area (Å²) < 4.78 is 32.5. The minimum Gasteiger partial charge on any atom is -0.487 e. The van der Waals surface area contributed by atoms with E-state index in [9.17, 15) is 9.59 Å². The molecule has 1 aromatic heterocycles. The van der Waals surface area contributed by atoms with Crippen LogP contribution < -0.4 is 20.1 Å². The second-order valence-electron chi connectivity index (χ2n) is 11.6. The lowest BCUT2D eigenvalue weighted by Gasteiger charge is -2.22. The summed E-state index contributed by atoms with van der Waals surface area (Å²) in [6.07, 6.45) is 0.260. The maximum absolute atomic E-state index is 15.0. The zero-order valence-corrected chi connectivity index (χ0v) is 24.6. The Morgan fingerprint density at radius 3 is 2.64 bits per heavy atom. The second-order valence-corrected chi connectivity index (χ2v) is 11.6. The number of halogens is 1. The van der Waals surface area contributed by atoms with Gasteiger partial charge in [0.1, 0.15) is 23.4 Å². The van der Waals surface area contributed by atoms with Gasteiger partial charge in [0, 0.05) is 26.1 Å². The van der Waals surface area contributed by atoms with E-state index in [2.05, 4.69) is 39.5 Å². The van der Waals surface area contributed by atoms with Gasteiger partial charge in [0.15, 0.2) is 12.4 Å². The Kier molecular flexibility index (Phi) is 8.56. The molecule has 1 saturated heterocycles. The number of hydrogen-bond donors (Lipinski definition) is 2. The summed E-state index contributed by atoms with van der Waals surface area (Å²) in [6, 6.07) is 18.4. The standard InChI is InChI=1S/C33H34FN5O5/c1-20(2)12-32-37-30(38-44-32)18-39-16-28-29(17-39)43-24-9-6-21(7-10-24)15-35-31(40)19-42-25-5-3-4-22(13-25)23-8-11-27(34)26(14-23)33(41)36-28/h3-11,13-14,20,28-29H,12,15-19H2,1-2H3,(H,35,40)(H,36,41)/t28-,29-/m0/s1. The fourth-order valence-electron chi connectivity index (χ4n) is 5.38. The average Bonchev–Trinajstić information content (AvgIpc) is 3.60. The van der Waals surface area contributed by atoms with Crippen molar-refractivity contribution < 1.29 is 28.0 Å². The molecule has 0 spiro atoms. The van der Waals surface area contributed by atoms with Crippen molar-refractivity contribution in [2.75, 3.05) is 19.7 Å². The van der Waals surface area contributed by atoms with Crippen LogP contribution >= 0.6 is 0 Å². The van der Waals surface area contributed by atoms with Crippen LogP contribution in [-0.2, 0) is 24.3 Å². The number of amides is 2. The molecule has 44 heavy (non-hydrogen) atoms. The van der Waals surface area contributed by atoms with Crippen molar-refractivity contribution >= 4 is 11.8 Å². The van der Waals surface area contributed by atoms with Crippen LogP contribution in [0.1, 0.15) is 41.5 Å². The molecular weight excluding hydrogens is 565 g/mol. The van der Waals surface area contributed by atoms with Crippen LogP contribution in [0.3, 0.4) is 0 Å². The van der Waals surface area contributed by atoms with Gasteiger partial charge in [-0.3, -0.25) is 14.5 Å². The van der Waals surface area contributed by atoms with Gasteiger partial charge in [-0.1, -0.05) is 49.3 Å². The van der Waals surface area contributed by atoms with E-state index in [0.29, 0.717) is 67.3 Å². The van der Waals surface area contributed by atoms with Gasteiger partial charge >= 0.3 is 0 Å². The molecule has 0 unspecified atom stereocenters. The van der Waals surface area contributed by atoms with E-state index in [0.717, 1.165) is 11.1 Å². The number of hydrogen-bond acceptors (Lipinski definition) is 8. The number of rotatable bonds is 4. The second kappa shape index (κ2) is 12.8. The highest BCUT2D eigenvalue weighted by molar-refractivity contribution is 5.96. The third-order valence-corrected chi connectivity index (χ3v) is 7.57. The highest BCUT2D eigenvalue weighted by Gasteiger charge is 2.37. The topological polar surface area (TPSA) is 119 Å². The average molecular weight is 600 g/mol. The van der Waals surface area contributed by atoms with E-state index >= 15 is 4.39 Å². The summed E-state index contributed by atoms with van der Waals surface area (Å²) in [6.45, 7) is 5.67. The molecule has 0 radical (unpaired) electrons. The van der Waals surface area contributed by atoms with Crippen LogP contribution in [0.25, 0.3) is 11.1 Å². The quantitative estimate of drug-likeness (QED) is 0.359. The Balaban J connectivity index is 1.28. The van der Waals surface area contributed by atoms with E-state index in [4.69, 9.17) is 14.0 Å². The van der Waals surface area contributed by atoms with E-state index < -0.39 is 23.9 Å². The maximum Gasteiger partial charge on any atom is 0.258 e. The first-order valence-corrected chi connectivity index (χ1v) is 14.7. The molecular formula is C33H34FN5O5. The largest absolute Gasteiger partial charge is 0.487 e. The van der Waals surface area contributed by atoms with Crippen LogP contribution in [-0.4, -0.2) is 58.7 Å². The molecule has 11 heteroatoms. The first-order valence-electron chi connectivity index (χ1n) is 14.7. The van der Waals surface area contributed by atoms with Crippen LogP contribution in [0.5, 0.6) is 11.5 Å². The van der Waals surface area contributed by atoms with Crippen LogP contribution in [0.4, 0.5) is 4.39 Å². The van der Waals surface area contributed by atoms with E-state index in [1.165, 1.54) is 12.1 Å². The summed E-state index contributed by atoms with van der Waals surface area (Å²) in [5, 5.41) is 10.0. The van der Waals surface area contributed by atoms with E-state index in [-0.39, 0.29) is 18.1 Å². The number of nitrogens with zero attached hydrogens (tertiary/aromatic N) is 3. The van der Waals surface area contributed by atoms with Gasteiger partial charge in [-0.25, -0.2) is 4.39 Å². The Morgan fingerprint density at radius 2 is 1.82 bits per heavy atom. The van der Waals surface area contributed by atoms with Gasteiger partial charge in [0.05, 0.1) is 18.2 Å². The Hall–Kier alpha value is -4.77. The zero-order valence-electron chi connectivity index (χ0n) is 24.6. The third-order valence-electron chi connectivity index (χ3n) is 7.57. The number of nitrogens with one attached hydrogen (secondary N) is 2. The molecule has 3 aliphatic heterocycles. The molecule has 3 aliphatic rings. The van der Waals surface area contributed by atoms with Crippen molar-refractivity contribution in [3.8, 4) is 22.6 Å². The van der Waals surface area contributed by atoms with Gasteiger partial charge < -0.3 is 24.6 Å². The van der Waals surface area contributed by atoms with Crippen LogP contribution in [0.15, 0.2) is 71.3 Å². The summed E-state index contributed by atoms with van der Waals surface area (Å²) in [4.78, 5) is 32.6. The van der Waals surface area contributed by atoms with Gasteiger partial charge in [-0.05, 0) is 59.0 Å². The number of fused-ring (bicyclic) bond motifs is 7. The summed E-state index contributed by atoms with van der Waals surface area (Å²) in [7, 11) is 0. The van der Waals surface area contributed by atoms with Crippen molar-refractivity contribution in [3.63, 3.8) is 0 Å². The van der Waals surface area contributed by atoms with E-state index in [1.807, 2.05) is 30.3 Å². The normalized spacial score (nSPS) is 19.1. The molecule has 4 aromatic rings. The van der Waals surface area contributed by atoms with Crippen molar-refractivity contribution in [1.29, 1.82) is 0 Å². The maximum atomic E-state index is 15.0. The fourth-order valence-corrected chi connectivity index (χ4v) is 5.38. The molecule has 2 N–H and O–H groups in total.